The third kappa shape index (κ3) is 2.14. The molecule has 2 aromatic carbocycles. The van der Waals surface area contributed by atoms with E-state index < -0.39 is 5.91 Å². The Balaban J connectivity index is 2.52. The van der Waals surface area contributed by atoms with Crippen LogP contribution in [0.4, 0.5) is 0 Å². The number of benzene rings is 2. The van der Waals surface area contributed by atoms with E-state index in [-0.39, 0.29) is 0 Å². The molecule has 0 bridgehead atoms. The van der Waals surface area contributed by atoms with Gasteiger partial charge in [0.05, 0.1) is 5.56 Å². The van der Waals surface area contributed by atoms with Gasteiger partial charge in [0.1, 0.15) is 0 Å². The molecule has 0 spiro atoms. The number of hydrogen-bond donors (Lipinski definition) is 1. The number of carbonyl (C=O) groups is 1. The lowest BCUT2D eigenvalue weighted by molar-refractivity contribution is 0.0999. The second-order valence-corrected chi connectivity index (χ2v) is 4.28. The Morgan fingerprint density at radius 3 is 2.31 bits per heavy atom. The van der Waals surface area contributed by atoms with Gasteiger partial charge in [-0.25, -0.2) is 0 Å². The van der Waals surface area contributed by atoms with Crippen molar-refractivity contribution in [3.63, 3.8) is 0 Å². The monoisotopic (exact) mass is 275 g/mol. The standard InChI is InChI=1S/C13H10BrNO/c14-12-7-6-10(8-11(12)13(15)16)9-4-2-1-3-5-9/h1-8H,(H2,15,16). The molecule has 16 heavy (non-hydrogen) atoms. The van der Waals surface area contributed by atoms with Crippen LogP contribution >= 0.6 is 15.9 Å². The molecular formula is C13H10BrNO. The molecule has 0 unspecified atom stereocenters. The average Bonchev–Trinajstić information content (AvgIpc) is 2.30. The number of primary amides is 1. The molecule has 0 aromatic heterocycles. The van der Waals surface area contributed by atoms with Gasteiger partial charge >= 0.3 is 0 Å². The highest BCUT2D eigenvalue weighted by Crippen LogP contribution is 2.25. The van der Waals surface area contributed by atoms with Crippen LogP contribution in [-0.4, -0.2) is 5.91 Å². The van der Waals surface area contributed by atoms with Crippen molar-refractivity contribution < 1.29 is 4.79 Å². The third-order valence-electron chi connectivity index (χ3n) is 2.34. The van der Waals surface area contributed by atoms with E-state index in [1.165, 1.54) is 0 Å². The molecule has 0 saturated carbocycles. The van der Waals surface area contributed by atoms with E-state index in [1.807, 2.05) is 42.5 Å². The van der Waals surface area contributed by atoms with Crippen molar-refractivity contribution in [3.05, 3.63) is 58.6 Å². The summed E-state index contributed by atoms with van der Waals surface area (Å²) in [5.41, 5.74) is 7.84. The molecule has 1 amide bonds. The Kier molecular flexibility index (Phi) is 3.06. The summed E-state index contributed by atoms with van der Waals surface area (Å²) in [6, 6.07) is 15.4. The molecule has 2 nitrogen and oxygen atoms in total. The zero-order valence-electron chi connectivity index (χ0n) is 8.48. The molecule has 2 N–H and O–H groups in total. The summed E-state index contributed by atoms with van der Waals surface area (Å²) >= 11 is 3.30. The van der Waals surface area contributed by atoms with Gasteiger partial charge in [-0.3, -0.25) is 4.79 Å². The minimum atomic E-state index is -0.426. The molecular weight excluding hydrogens is 266 g/mol. The Labute approximate surface area is 102 Å². The molecule has 0 aliphatic heterocycles. The van der Waals surface area contributed by atoms with E-state index in [9.17, 15) is 4.79 Å². The quantitative estimate of drug-likeness (QED) is 0.899. The van der Waals surface area contributed by atoms with E-state index in [1.54, 1.807) is 6.07 Å². The topological polar surface area (TPSA) is 43.1 Å². The lowest BCUT2D eigenvalue weighted by Crippen LogP contribution is -2.11. The van der Waals surface area contributed by atoms with Crippen LogP contribution in [0.1, 0.15) is 10.4 Å². The minimum absolute atomic E-state index is 0.426. The van der Waals surface area contributed by atoms with Crippen LogP contribution in [0.2, 0.25) is 0 Å². The van der Waals surface area contributed by atoms with Crippen LogP contribution in [0.15, 0.2) is 53.0 Å². The first-order valence-corrected chi connectivity index (χ1v) is 5.62. The smallest absolute Gasteiger partial charge is 0.249 e. The fourth-order valence-electron chi connectivity index (χ4n) is 1.52. The molecule has 0 saturated heterocycles. The molecule has 0 aliphatic rings. The maximum absolute atomic E-state index is 11.2. The van der Waals surface area contributed by atoms with Crippen LogP contribution in [0.5, 0.6) is 0 Å². The lowest BCUT2D eigenvalue weighted by atomic mass is 10.0. The summed E-state index contributed by atoms with van der Waals surface area (Å²) in [5, 5.41) is 0. The predicted molar refractivity (Wildman–Crippen MR) is 68.1 cm³/mol. The molecule has 0 radical (unpaired) electrons. The Morgan fingerprint density at radius 1 is 1.00 bits per heavy atom. The fourth-order valence-corrected chi connectivity index (χ4v) is 1.97. The van der Waals surface area contributed by atoms with Crippen LogP contribution in [-0.2, 0) is 0 Å². The normalized spacial score (nSPS) is 10.1. The molecule has 3 heteroatoms. The van der Waals surface area contributed by atoms with Gasteiger partial charge in [-0.2, -0.15) is 0 Å². The number of hydrogen-bond acceptors (Lipinski definition) is 1. The van der Waals surface area contributed by atoms with E-state index in [2.05, 4.69) is 15.9 Å². The Bertz CT molecular complexity index is 523. The SMILES string of the molecule is NC(=O)c1cc(-c2ccccc2)ccc1Br. The zero-order valence-corrected chi connectivity index (χ0v) is 10.1. The van der Waals surface area contributed by atoms with E-state index in [0.29, 0.717) is 5.56 Å². The molecule has 2 aromatic rings. The molecule has 0 heterocycles. The maximum atomic E-state index is 11.2. The van der Waals surface area contributed by atoms with E-state index in [4.69, 9.17) is 5.73 Å². The van der Waals surface area contributed by atoms with Gasteiger partial charge in [0.25, 0.3) is 0 Å². The van der Waals surface area contributed by atoms with Crippen molar-refractivity contribution >= 4 is 21.8 Å². The van der Waals surface area contributed by atoms with Gasteiger partial charge in [-0.05, 0) is 39.2 Å². The highest BCUT2D eigenvalue weighted by molar-refractivity contribution is 9.10. The second kappa shape index (κ2) is 4.49. The first kappa shape index (κ1) is 10.9. The second-order valence-electron chi connectivity index (χ2n) is 3.42. The van der Waals surface area contributed by atoms with Crippen LogP contribution in [0.25, 0.3) is 11.1 Å². The van der Waals surface area contributed by atoms with Gasteiger partial charge in [0.2, 0.25) is 5.91 Å². The van der Waals surface area contributed by atoms with Crippen molar-refractivity contribution in [3.8, 4) is 11.1 Å². The van der Waals surface area contributed by atoms with Crippen molar-refractivity contribution in [1.29, 1.82) is 0 Å². The summed E-state index contributed by atoms with van der Waals surface area (Å²) in [6.45, 7) is 0. The number of nitrogens with two attached hydrogens (primary N) is 1. The summed E-state index contributed by atoms with van der Waals surface area (Å²) in [7, 11) is 0. The largest absolute Gasteiger partial charge is 0.366 e. The van der Waals surface area contributed by atoms with Gasteiger partial charge in [0.15, 0.2) is 0 Å². The molecule has 2 rings (SSSR count). The fraction of sp³-hybridized carbons (Fsp3) is 0. The van der Waals surface area contributed by atoms with Gasteiger partial charge in [-0.1, -0.05) is 36.4 Å². The molecule has 0 fully saturated rings. The van der Waals surface area contributed by atoms with E-state index in [0.717, 1.165) is 15.6 Å². The average molecular weight is 276 g/mol. The number of carbonyl (C=O) groups excluding carboxylic acids is 1. The molecule has 0 atom stereocenters. The maximum Gasteiger partial charge on any atom is 0.249 e. The summed E-state index contributed by atoms with van der Waals surface area (Å²) < 4.78 is 0.722. The van der Waals surface area contributed by atoms with Crippen molar-refractivity contribution in [2.45, 2.75) is 0 Å². The van der Waals surface area contributed by atoms with E-state index >= 15 is 0 Å². The summed E-state index contributed by atoms with van der Waals surface area (Å²) in [5.74, 6) is -0.426. The van der Waals surface area contributed by atoms with Crippen molar-refractivity contribution in [2.75, 3.05) is 0 Å². The Morgan fingerprint density at radius 2 is 1.69 bits per heavy atom. The first-order valence-electron chi connectivity index (χ1n) is 4.83. The predicted octanol–water partition coefficient (Wildman–Crippen LogP) is 3.22. The molecule has 0 aliphatic carbocycles. The van der Waals surface area contributed by atoms with Crippen LogP contribution in [0, 0.1) is 0 Å². The van der Waals surface area contributed by atoms with Crippen molar-refractivity contribution in [2.24, 2.45) is 5.73 Å². The summed E-state index contributed by atoms with van der Waals surface area (Å²) in [4.78, 5) is 11.2. The first-order chi connectivity index (χ1) is 7.68. The van der Waals surface area contributed by atoms with Gasteiger partial charge < -0.3 is 5.73 Å². The number of rotatable bonds is 2. The number of amides is 1. The highest BCUT2D eigenvalue weighted by Gasteiger charge is 2.07. The van der Waals surface area contributed by atoms with Gasteiger partial charge in [-0.15, -0.1) is 0 Å². The van der Waals surface area contributed by atoms with Crippen molar-refractivity contribution in [1.82, 2.24) is 0 Å². The minimum Gasteiger partial charge on any atom is -0.366 e. The van der Waals surface area contributed by atoms with Gasteiger partial charge in [0, 0.05) is 4.47 Å². The van der Waals surface area contributed by atoms with Crippen LogP contribution < -0.4 is 5.73 Å². The Hall–Kier alpha value is -1.61. The molecule has 80 valence electrons. The lowest BCUT2D eigenvalue weighted by Gasteiger charge is -2.05. The number of halogens is 1. The third-order valence-corrected chi connectivity index (χ3v) is 3.03. The highest BCUT2D eigenvalue weighted by atomic mass is 79.9. The summed E-state index contributed by atoms with van der Waals surface area (Å²) in [6.07, 6.45) is 0. The zero-order chi connectivity index (χ0) is 11.5. The van der Waals surface area contributed by atoms with Crippen LogP contribution in [0.3, 0.4) is 0 Å².